The van der Waals surface area contributed by atoms with Crippen LogP contribution in [0.1, 0.15) is 31.7 Å². The Morgan fingerprint density at radius 3 is 2.62 bits per heavy atom. The lowest BCUT2D eigenvalue weighted by molar-refractivity contribution is -0.130. The van der Waals surface area contributed by atoms with Crippen molar-refractivity contribution in [1.82, 2.24) is 4.90 Å². The molecule has 2 rings (SSSR count). The Hall–Kier alpha value is -1.31. The Kier molecular flexibility index (Phi) is 3.28. The van der Waals surface area contributed by atoms with Crippen LogP contribution in [0.3, 0.4) is 0 Å². The number of amides is 1. The van der Waals surface area contributed by atoms with E-state index in [2.05, 4.69) is 38.1 Å². The second kappa shape index (κ2) is 4.69. The first-order valence-corrected chi connectivity index (χ1v) is 6.07. The van der Waals surface area contributed by atoms with Crippen LogP contribution in [0.25, 0.3) is 0 Å². The Bertz CT molecular complexity index is 360. The van der Waals surface area contributed by atoms with Crippen LogP contribution in [-0.2, 0) is 4.79 Å². The molecule has 1 saturated heterocycles. The number of rotatable bonds is 3. The zero-order valence-electron chi connectivity index (χ0n) is 10.0. The molecule has 0 spiro atoms. The predicted molar refractivity (Wildman–Crippen MR) is 65.2 cm³/mol. The van der Waals surface area contributed by atoms with Gasteiger partial charge in [-0.15, -0.1) is 0 Å². The molecule has 1 aromatic rings. The number of carbonyl (C=O) groups is 1. The lowest BCUT2D eigenvalue weighted by Gasteiger charge is -2.15. The monoisotopic (exact) mass is 217 g/mol. The number of benzene rings is 1. The quantitative estimate of drug-likeness (QED) is 0.762. The minimum atomic E-state index is 0.133. The molecule has 0 N–H and O–H groups in total. The van der Waals surface area contributed by atoms with E-state index in [4.69, 9.17) is 0 Å². The summed E-state index contributed by atoms with van der Waals surface area (Å²) in [6.07, 6.45) is 1.04. The summed E-state index contributed by atoms with van der Waals surface area (Å²) in [6.45, 7) is 5.95. The number of likely N-dealkylation sites (tertiary alicyclic amines) is 1. The maximum atomic E-state index is 12.0. The van der Waals surface area contributed by atoms with Gasteiger partial charge in [-0.3, -0.25) is 4.79 Å². The van der Waals surface area contributed by atoms with E-state index in [9.17, 15) is 4.79 Å². The Morgan fingerprint density at radius 2 is 2.00 bits per heavy atom. The van der Waals surface area contributed by atoms with E-state index < -0.39 is 0 Å². The smallest absolute Gasteiger partial charge is 0.226 e. The van der Waals surface area contributed by atoms with E-state index >= 15 is 0 Å². The summed E-state index contributed by atoms with van der Waals surface area (Å²) in [4.78, 5) is 14.0. The Morgan fingerprint density at radius 1 is 1.31 bits per heavy atom. The molecular weight excluding hydrogens is 198 g/mol. The van der Waals surface area contributed by atoms with Crippen LogP contribution < -0.4 is 0 Å². The summed E-state index contributed by atoms with van der Waals surface area (Å²) in [5.74, 6) is 0.824. The number of nitrogens with zero attached hydrogens (tertiary/aromatic N) is 1. The van der Waals surface area contributed by atoms with Crippen LogP contribution in [-0.4, -0.2) is 23.9 Å². The molecule has 1 aliphatic rings. The van der Waals surface area contributed by atoms with E-state index in [0.717, 1.165) is 19.5 Å². The highest BCUT2D eigenvalue weighted by Crippen LogP contribution is 2.33. The highest BCUT2D eigenvalue weighted by molar-refractivity contribution is 5.82. The summed E-state index contributed by atoms with van der Waals surface area (Å²) in [7, 11) is 0. The van der Waals surface area contributed by atoms with Crippen molar-refractivity contribution in [3.63, 3.8) is 0 Å². The zero-order valence-corrected chi connectivity index (χ0v) is 10.0. The van der Waals surface area contributed by atoms with E-state index in [-0.39, 0.29) is 5.92 Å². The van der Waals surface area contributed by atoms with Crippen molar-refractivity contribution in [1.29, 1.82) is 0 Å². The molecule has 2 unspecified atom stereocenters. The number of hydrogen-bond acceptors (Lipinski definition) is 1. The van der Waals surface area contributed by atoms with Crippen LogP contribution in [0.5, 0.6) is 0 Å². The first-order chi connectivity index (χ1) is 7.74. The van der Waals surface area contributed by atoms with Crippen LogP contribution in [0.15, 0.2) is 30.3 Å². The Labute approximate surface area is 97.3 Å². The summed E-state index contributed by atoms with van der Waals surface area (Å²) >= 11 is 0. The van der Waals surface area contributed by atoms with Crippen molar-refractivity contribution < 1.29 is 4.79 Å². The van der Waals surface area contributed by atoms with Crippen molar-refractivity contribution in [3.8, 4) is 0 Å². The molecule has 1 heterocycles. The predicted octanol–water partition coefficient (Wildman–Crippen LogP) is 2.66. The minimum absolute atomic E-state index is 0.133. The van der Waals surface area contributed by atoms with Gasteiger partial charge in [0.05, 0.1) is 0 Å². The molecule has 0 aromatic heterocycles. The third-order valence-corrected chi connectivity index (χ3v) is 3.44. The highest BCUT2D eigenvalue weighted by atomic mass is 16.2. The van der Waals surface area contributed by atoms with Gasteiger partial charge in [-0.25, -0.2) is 0 Å². The van der Waals surface area contributed by atoms with Crippen molar-refractivity contribution >= 4 is 5.91 Å². The molecule has 0 radical (unpaired) electrons. The van der Waals surface area contributed by atoms with Gasteiger partial charge in [0.25, 0.3) is 0 Å². The van der Waals surface area contributed by atoms with Gasteiger partial charge in [-0.05, 0) is 12.0 Å². The van der Waals surface area contributed by atoms with Crippen molar-refractivity contribution in [2.75, 3.05) is 13.1 Å². The van der Waals surface area contributed by atoms with Crippen molar-refractivity contribution in [2.45, 2.75) is 26.2 Å². The van der Waals surface area contributed by atoms with Gasteiger partial charge < -0.3 is 4.90 Å². The van der Waals surface area contributed by atoms with Crippen LogP contribution >= 0.6 is 0 Å². The van der Waals surface area contributed by atoms with E-state index in [1.807, 2.05) is 11.0 Å². The SMILES string of the molecule is CCCN1CC(c2ccccc2)C(C)C1=O. The molecule has 86 valence electrons. The molecule has 1 aliphatic heterocycles. The molecule has 0 saturated carbocycles. The third kappa shape index (κ3) is 1.97. The molecule has 0 aliphatic carbocycles. The summed E-state index contributed by atoms with van der Waals surface area (Å²) < 4.78 is 0. The summed E-state index contributed by atoms with van der Waals surface area (Å²) in [6, 6.07) is 10.4. The van der Waals surface area contributed by atoms with Crippen molar-refractivity contribution in [2.24, 2.45) is 5.92 Å². The maximum absolute atomic E-state index is 12.0. The number of carbonyl (C=O) groups excluding carboxylic acids is 1. The Balaban J connectivity index is 2.16. The lowest BCUT2D eigenvalue weighted by atomic mass is 9.90. The van der Waals surface area contributed by atoms with Crippen LogP contribution in [0.4, 0.5) is 0 Å². The van der Waals surface area contributed by atoms with E-state index in [1.165, 1.54) is 5.56 Å². The highest BCUT2D eigenvalue weighted by Gasteiger charge is 2.37. The molecule has 16 heavy (non-hydrogen) atoms. The van der Waals surface area contributed by atoms with Gasteiger partial charge in [0.1, 0.15) is 0 Å². The molecule has 1 amide bonds. The molecule has 2 atom stereocenters. The topological polar surface area (TPSA) is 20.3 Å². The fourth-order valence-electron chi connectivity index (χ4n) is 2.51. The molecule has 1 fully saturated rings. The molecule has 2 heteroatoms. The first-order valence-electron chi connectivity index (χ1n) is 6.07. The van der Waals surface area contributed by atoms with Gasteiger partial charge in [-0.1, -0.05) is 44.2 Å². The van der Waals surface area contributed by atoms with Gasteiger partial charge >= 0.3 is 0 Å². The molecular formula is C14H19NO. The number of hydrogen-bond donors (Lipinski definition) is 0. The molecule has 1 aromatic carbocycles. The van der Waals surface area contributed by atoms with Gasteiger partial charge in [0.2, 0.25) is 5.91 Å². The molecule has 2 nitrogen and oxygen atoms in total. The van der Waals surface area contributed by atoms with Crippen LogP contribution in [0, 0.1) is 5.92 Å². The van der Waals surface area contributed by atoms with Gasteiger partial charge in [-0.2, -0.15) is 0 Å². The van der Waals surface area contributed by atoms with Crippen molar-refractivity contribution in [3.05, 3.63) is 35.9 Å². The molecule has 0 bridgehead atoms. The summed E-state index contributed by atoms with van der Waals surface area (Å²) in [5, 5.41) is 0. The third-order valence-electron chi connectivity index (χ3n) is 3.44. The average molecular weight is 217 g/mol. The minimum Gasteiger partial charge on any atom is -0.342 e. The van der Waals surface area contributed by atoms with Gasteiger partial charge in [0, 0.05) is 24.9 Å². The van der Waals surface area contributed by atoms with E-state index in [1.54, 1.807) is 0 Å². The van der Waals surface area contributed by atoms with Crippen LogP contribution in [0.2, 0.25) is 0 Å². The first kappa shape index (κ1) is 11.2. The largest absolute Gasteiger partial charge is 0.342 e. The fraction of sp³-hybridized carbons (Fsp3) is 0.500. The zero-order chi connectivity index (χ0) is 11.5. The fourth-order valence-corrected chi connectivity index (χ4v) is 2.51. The van der Waals surface area contributed by atoms with E-state index in [0.29, 0.717) is 11.8 Å². The second-order valence-corrected chi connectivity index (χ2v) is 4.59. The average Bonchev–Trinajstić information content (AvgIpc) is 2.59. The lowest BCUT2D eigenvalue weighted by Crippen LogP contribution is -2.27. The standard InChI is InChI=1S/C14H19NO/c1-3-9-15-10-13(11(2)14(15)16)12-7-5-4-6-8-12/h4-8,11,13H,3,9-10H2,1-2H3. The van der Waals surface area contributed by atoms with Gasteiger partial charge in [0.15, 0.2) is 0 Å². The normalized spacial score (nSPS) is 25.1. The second-order valence-electron chi connectivity index (χ2n) is 4.59. The summed E-state index contributed by atoms with van der Waals surface area (Å²) in [5.41, 5.74) is 1.29. The maximum Gasteiger partial charge on any atom is 0.226 e.